The number of nitrogens with zero attached hydrogens (tertiary/aromatic N) is 2. The van der Waals surface area contributed by atoms with E-state index < -0.39 is 34.9 Å². The highest BCUT2D eigenvalue weighted by molar-refractivity contribution is 6.31. The van der Waals surface area contributed by atoms with Crippen LogP contribution >= 0.6 is 11.6 Å². The average molecular weight is 674 g/mol. The smallest absolute Gasteiger partial charge is 0.245 e. The van der Waals surface area contributed by atoms with E-state index in [2.05, 4.69) is 15.6 Å². The number of aliphatic hydroxyl groups excluding tert-OH is 1. The quantitative estimate of drug-likeness (QED) is 0.274. The fourth-order valence-electron chi connectivity index (χ4n) is 9.85. The second kappa shape index (κ2) is 12.5. The molecule has 4 saturated carbocycles. The Hall–Kier alpha value is -3.89. The Morgan fingerprint density at radius 1 is 1.00 bits per heavy atom. The first-order chi connectivity index (χ1) is 23.0. The van der Waals surface area contributed by atoms with Crippen LogP contribution in [-0.2, 0) is 32.1 Å². The number of aliphatic hydroxyl groups is 1. The van der Waals surface area contributed by atoms with Crippen LogP contribution in [0.3, 0.4) is 0 Å². The number of H-pyrrole nitrogens is 1. The van der Waals surface area contributed by atoms with Gasteiger partial charge in [-0.1, -0.05) is 48.0 Å². The number of benzene rings is 2. The van der Waals surface area contributed by atoms with E-state index in [1.165, 1.54) is 0 Å². The first-order valence-corrected chi connectivity index (χ1v) is 17.4. The molecule has 2 aromatic carbocycles. The van der Waals surface area contributed by atoms with Crippen LogP contribution in [0.2, 0.25) is 5.02 Å². The van der Waals surface area contributed by atoms with Gasteiger partial charge in [-0.05, 0) is 73.6 Å². The summed E-state index contributed by atoms with van der Waals surface area (Å²) in [6.45, 7) is 0.303. The summed E-state index contributed by atoms with van der Waals surface area (Å²) >= 11 is 6.41. The van der Waals surface area contributed by atoms with Gasteiger partial charge in [0.25, 0.3) is 0 Å². The number of para-hydroxylation sites is 1. The minimum absolute atomic E-state index is 0.00377. The third kappa shape index (κ3) is 5.76. The van der Waals surface area contributed by atoms with E-state index >= 15 is 0 Å². The van der Waals surface area contributed by atoms with Crippen molar-refractivity contribution in [3.05, 3.63) is 70.9 Å². The van der Waals surface area contributed by atoms with Crippen molar-refractivity contribution in [2.75, 3.05) is 20.6 Å². The van der Waals surface area contributed by atoms with Crippen LogP contribution in [0, 0.1) is 22.7 Å². The number of likely N-dealkylation sites (tertiary alicyclic amines) is 1. The predicted octanol–water partition coefficient (Wildman–Crippen LogP) is 3.80. The second-order valence-electron chi connectivity index (χ2n) is 14.9. The van der Waals surface area contributed by atoms with Gasteiger partial charge in [0.05, 0.1) is 16.9 Å². The zero-order valence-electron chi connectivity index (χ0n) is 27.5. The molecule has 8 rings (SSSR count). The number of rotatable bonds is 9. The fraction of sp³-hybridized carbons (Fsp3) is 0.514. The lowest BCUT2D eigenvalue weighted by Gasteiger charge is -2.61. The normalized spacial score (nSPS) is 29.5. The Morgan fingerprint density at radius 3 is 2.42 bits per heavy atom. The first kappa shape index (κ1) is 32.6. The fourth-order valence-corrected chi connectivity index (χ4v) is 10.0. The standard InChI is InChI=1S/C37H44ClN5O5/c1-39-34(47)36-14-22-11-23(15-36)17-37(16-22,21-36)35(48)43-20-26(44)13-31(43)32(45)41-30(12-25-18-40-29-10-6-4-8-27(25)29)33(46)42(2)19-24-7-3-5-9-28(24)38/h3-10,18,22-23,26,30-31,40,44H,11-17,19-21H2,1-2H3,(H,39,47)(H,41,45)/t22?,23?,26-,30?,31?,36?,37?/m1/s1. The summed E-state index contributed by atoms with van der Waals surface area (Å²) in [5.74, 6) is -0.312. The van der Waals surface area contributed by atoms with Gasteiger partial charge in [-0.3, -0.25) is 19.2 Å². The highest BCUT2D eigenvalue weighted by atomic mass is 35.5. The molecule has 2 heterocycles. The SMILES string of the molecule is CNC(=O)C12CC3CC(C1)CC(C(=O)N1C[C@H](O)CC1C(=O)NC(Cc1c[nH]c4ccccc14)C(=O)N(C)Cc1ccccc1Cl)(C3)C2. The Bertz CT molecular complexity index is 1740. The van der Waals surface area contributed by atoms with Crippen molar-refractivity contribution in [3.8, 4) is 0 Å². The van der Waals surface area contributed by atoms with Gasteiger partial charge in [0, 0.05) is 62.1 Å². The van der Waals surface area contributed by atoms with Crippen LogP contribution in [0.15, 0.2) is 54.7 Å². The van der Waals surface area contributed by atoms with Gasteiger partial charge >= 0.3 is 0 Å². The maximum Gasteiger partial charge on any atom is 0.245 e. The van der Waals surface area contributed by atoms with E-state index in [0.717, 1.165) is 41.3 Å². The minimum atomic E-state index is -0.935. The molecule has 0 radical (unpaired) electrons. The number of likely N-dealkylation sites (N-methyl/N-ethyl adjacent to an activating group) is 1. The second-order valence-corrected chi connectivity index (χ2v) is 15.3. The number of amides is 4. The number of fused-ring (bicyclic) bond motifs is 1. The summed E-state index contributed by atoms with van der Waals surface area (Å²) in [5.41, 5.74) is 1.30. The number of halogens is 1. The topological polar surface area (TPSA) is 135 Å². The van der Waals surface area contributed by atoms with E-state index in [0.29, 0.717) is 36.1 Å². The highest BCUT2D eigenvalue weighted by Gasteiger charge is 2.64. The third-order valence-corrected chi connectivity index (χ3v) is 11.9. The Kier molecular flexibility index (Phi) is 8.52. The summed E-state index contributed by atoms with van der Waals surface area (Å²) in [6.07, 6.45) is 5.81. The molecule has 254 valence electrons. The van der Waals surface area contributed by atoms with Gasteiger partial charge < -0.3 is 30.5 Å². The Balaban J connectivity index is 1.14. The maximum absolute atomic E-state index is 14.6. The van der Waals surface area contributed by atoms with Crippen molar-refractivity contribution < 1.29 is 24.3 Å². The number of aromatic amines is 1. The van der Waals surface area contributed by atoms with Crippen molar-refractivity contribution in [1.82, 2.24) is 25.4 Å². The van der Waals surface area contributed by atoms with E-state index in [1.54, 1.807) is 30.0 Å². The van der Waals surface area contributed by atoms with Crippen LogP contribution in [0.1, 0.15) is 56.1 Å². The number of nitrogens with one attached hydrogen (secondary N) is 3. The molecule has 4 unspecified atom stereocenters. The molecule has 0 spiro atoms. The van der Waals surface area contributed by atoms with Gasteiger partial charge in [-0.25, -0.2) is 0 Å². The van der Waals surface area contributed by atoms with Crippen LogP contribution < -0.4 is 10.6 Å². The molecular formula is C37H44ClN5O5. The third-order valence-electron chi connectivity index (χ3n) is 11.5. The van der Waals surface area contributed by atoms with Gasteiger partial charge in [0.15, 0.2) is 0 Å². The molecule has 11 heteroatoms. The van der Waals surface area contributed by atoms with Crippen LogP contribution in [0.25, 0.3) is 10.9 Å². The molecule has 10 nitrogen and oxygen atoms in total. The lowest BCUT2D eigenvalue weighted by molar-refractivity contribution is -0.175. The predicted molar refractivity (Wildman–Crippen MR) is 182 cm³/mol. The van der Waals surface area contributed by atoms with Crippen LogP contribution in [0.5, 0.6) is 0 Å². The van der Waals surface area contributed by atoms with E-state index in [4.69, 9.17) is 11.6 Å². The molecule has 5 fully saturated rings. The summed E-state index contributed by atoms with van der Waals surface area (Å²) in [5, 5.41) is 18.2. The van der Waals surface area contributed by atoms with Crippen molar-refractivity contribution in [2.24, 2.45) is 22.7 Å². The summed E-state index contributed by atoms with van der Waals surface area (Å²) in [4.78, 5) is 62.4. The number of hydrogen-bond acceptors (Lipinski definition) is 5. The monoisotopic (exact) mass is 673 g/mol. The number of carbonyl (C=O) groups is 4. The van der Waals surface area contributed by atoms with Gasteiger partial charge in [-0.15, -0.1) is 0 Å². The lowest BCUT2D eigenvalue weighted by atomic mass is 9.43. The average Bonchev–Trinajstić information content (AvgIpc) is 3.67. The van der Waals surface area contributed by atoms with Crippen molar-refractivity contribution in [3.63, 3.8) is 0 Å². The number of hydrogen-bond donors (Lipinski definition) is 4. The molecule has 4 bridgehead atoms. The van der Waals surface area contributed by atoms with Gasteiger partial charge in [-0.2, -0.15) is 0 Å². The van der Waals surface area contributed by atoms with Crippen LogP contribution in [0.4, 0.5) is 0 Å². The largest absolute Gasteiger partial charge is 0.391 e. The summed E-state index contributed by atoms with van der Waals surface area (Å²) < 4.78 is 0. The molecule has 1 aromatic heterocycles. The maximum atomic E-state index is 14.6. The molecule has 48 heavy (non-hydrogen) atoms. The van der Waals surface area contributed by atoms with Gasteiger partial charge in [0.1, 0.15) is 12.1 Å². The van der Waals surface area contributed by atoms with Crippen LogP contribution in [-0.4, -0.2) is 82.3 Å². The number of β-amino-alcohol motifs (C(OH)–C–C–N with tert-alkyl or cyclic N) is 1. The molecule has 5 atom stereocenters. The zero-order valence-corrected chi connectivity index (χ0v) is 28.3. The number of carbonyl (C=O) groups excluding carboxylic acids is 4. The molecule has 1 aliphatic heterocycles. The molecule has 1 saturated heterocycles. The Morgan fingerprint density at radius 2 is 1.69 bits per heavy atom. The molecule has 3 aromatic rings. The zero-order chi connectivity index (χ0) is 33.8. The molecule has 5 aliphatic rings. The summed E-state index contributed by atoms with van der Waals surface area (Å²) in [6, 6.07) is 13.3. The molecule has 4 N–H and O–H groups in total. The van der Waals surface area contributed by atoms with Crippen molar-refractivity contribution in [1.29, 1.82) is 0 Å². The van der Waals surface area contributed by atoms with E-state index in [-0.39, 0.29) is 43.7 Å². The molecular weight excluding hydrogens is 630 g/mol. The minimum Gasteiger partial charge on any atom is -0.391 e. The Labute approximate surface area is 285 Å². The first-order valence-electron chi connectivity index (χ1n) is 17.1. The molecule has 4 amide bonds. The van der Waals surface area contributed by atoms with Crippen molar-refractivity contribution >= 4 is 46.1 Å². The summed E-state index contributed by atoms with van der Waals surface area (Å²) in [7, 11) is 3.34. The highest BCUT2D eigenvalue weighted by Crippen LogP contribution is 2.66. The van der Waals surface area contributed by atoms with E-state index in [1.807, 2.05) is 48.7 Å². The lowest BCUT2D eigenvalue weighted by Crippen LogP contribution is -2.63. The molecule has 4 aliphatic carbocycles. The number of aromatic nitrogens is 1. The van der Waals surface area contributed by atoms with Gasteiger partial charge in [0.2, 0.25) is 23.6 Å². The van der Waals surface area contributed by atoms with E-state index in [9.17, 15) is 24.3 Å². The van der Waals surface area contributed by atoms with Crippen molar-refractivity contribution in [2.45, 2.75) is 76.1 Å².